The van der Waals surface area contributed by atoms with E-state index in [1.54, 1.807) is 48.9 Å². The molecule has 0 unspecified atom stereocenters. The lowest BCUT2D eigenvalue weighted by Gasteiger charge is -2.09. The number of amides is 1. The number of anilines is 1. The first-order chi connectivity index (χ1) is 12.4. The zero-order chi connectivity index (χ0) is 18.8. The topological polar surface area (TPSA) is 80.0 Å². The van der Waals surface area contributed by atoms with Crippen LogP contribution in [-0.2, 0) is 0 Å². The molecule has 0 radical (unpaired) electrons. The minimum atomic E-state index is -0.609. The molecule has 6 nitrogen and oxygen atoms in total. The number of carbonyl (C=O) groups excluding carboxylic acids is 1. The second kappa shape index (κ2) is 7.27. The molecule has 3 rings (SSSR count). The predicted octanol–water partition coefficient (Wildman–Crippen LogP) is 3.84. The van der Waals surface area contributed by atoms with Crippen molar-refractivity contribution in [2.45, 2.75) is 26.9 Å². The van der Waals surface area contributed by atoms with E-state index in [1.807, 2.05) is 19.1 Å². The van der Waals surface area contributed by atoms with Crippen molar-refractivity contribution in [3.8, 4) is 5.69 Å². The average molecular weight is 371 g/mol. The van der Waals surface area contributed by atoms with E-state index in [0.717, 1.165) is 16.8 Å². The normalized spacial score (nSPS) is 12.0. The molecule has 1 aromatic heterocycles. The molecule has 134 valence electrons. The minimum Gasteiger partial charge on any atom is -0.389 e. The van der Waals surface area contributed by atoms with Crippen LogP contribution in [0.3, 0.4) is 0 Å². The molecule has 3 aromatic rings. The van der Waals surface area contributed by atoms with E-state index in [1.165, 1.54) is 0 Å². The number of aromatic nitrogens is 3. The highest BCUT2D eigenvalue weighted by molar-refractivity contribution is 6.31. The highest BCUT2D eigenvalue weighted by atomic mass is 35.5. The van der Waals surface area contributed by atoms with Gasteiger partial charge in [-0.2, -0.15) is 0 Å². The molecule has 0 saturated heterocycles. The summed E-state index contributed by atoms with van der Waals surface area (Å²) in [5.74, 6) is -0.359. The molecule has 0 aliphatic carbocycles. The number of aryl methyl sites for hydroxylation is 1. The molecule has 1 atom stereocenters. The van der Waals surface area contributed by atoms with E-state index in [2.05, 4.69) is 15.6 Å². The van der Waals surface area contributed by atoms with Crippen LogP contribution in [0, 0.1) is 13.8 Å². The lowest BCUT2D eigenvalue weighted by atomic mass is 10.1. The van der Waals surface area contributed by atoms with Gasteiger partial charge in [-0.1, -0.05) is 28.9 Å². The zero-order valence-electron chi connectivity index (χ0n) is 14.7. The van der Waals surface area contributed by atoms with Gasteiger partial charge in [0.05, 0.1) is 17.5 Å². The molecular weight excluding hydrogens is 352 g/mol. The van der Waals surface area contributed by atoms with E-state index in [9.17, 15) is 9.90 Å². The first-order valence-electron chi connectivity index (χ1n) is 8.15. The van der Waals surface area contributed by atoms with Crippen LogP contribution in [0.5, 0.6) is 0 Å². The lowest BCUT2D eigenvalue weighted by molar-refractivity contribution is 0.102. The van der Waals surface area contributed by atoms with Gasteiger partial charge in [-0.3, -0.25) is 4.79 Å². The fraction of sp³-hybridized carbons (Fsp3) is 0.211. The van der Waals surface area contributed by atoms with Crippen LogP contribution in [0.25, 0.3) is 5.69 Å². The van der Waals surface area contributed by atoms with Gasteiger partial charge in [-0.25, -0.2) is 4.68 Å². The Labute approximate surface area is 156 Å². The molecule has 0 aliphatic rings. The number of hydrogen-bond donors (Lipinski definition) is 2. The van der Waals surface area contributed by atoms with E-state index < -0.39 is 6.10 Å². The summed E-state index contributed by atoms with van der Waals surface area (Å²) >= 11 is 6.06. The summed E-state index contributed by atoms with van der Waals surface area (Å²) in [6.45, 7) is 5.36. The summed E-state index contributed by atoms with van der Waals surface area (Å²) in [5, 5.41) is 21.2. The molecule has 1 amide bonds. The molecule has 0 saturated carbocycles. The maximum absolute atomic E-state index is 12.6. The van der Waals surface area contributed by atoms with Crippen molar-refractivity contribution in [3.05, 3.63) is 70.0 Å². The Morgan fingerprint density at radius 2 is 2.00 bits per heavy atom. The zero-order valence-corrected chi connectivity index (χ0v) is 15.4. The largest absolute Gasteiger partial charge is 0.389 e. The Balaban J connectivity index is 1.86. The molecule has 7 heteroatoms. The van der Waals surface area contributed by atoms with Gasteiger partial charge in [0, 0.05) is 10.7 Å². The van der Waals surface area contributed by atoms with Gasteiger partial charge in [-0.15, -0.1) is 5.10 Å². The van der Waals surface area contributed by atoms with Crippen LogP contribution in [-0.4, -0.2) is 26.0 Å². The van der Waals surface area contributed by atoms with Crippen LogP contribution < -0.4 is 5.32 Å². The number of hydrogen-bond acceptors (Lipinski definition) is 4. The van der Waals surface area contributed by atoms with Gasteiger partial charge in [-0.05, 0) is 62.2 Å². The number of aliphatic hydroxyl groups is 1. The summed E-state index contributed by atoms with van der Waals surface area (Å²) in [6.07, 6.45) is -0.609. The summed E-state index contributed by atoms with van der Waals surface area (Å²) in [7, 11) is 0. The van der Waals surface area contributed by atoms with Gasteiger partial charge in [0.15, 0.2) is 5.69 Å². The van der Waals surface area contributed by atoms with Gasteiger partial charge in [0.2, 0.25) is 0 Å². The van der Waals surface area contributed by atoms with Crippen molar-refractivity contribution in [2.75, 3.05) is 5.32 Å². The van der Waals surface area contributed by atoms with Gasteiger partial charge < -0.3 is 10.4 Å². The van der Waals surface area contributed by atoms with E-state index in [-0.39, 0.29) is 11.6 Å². The van der Waals surface area contributed by atoms with Crippen molar-refractivity contribution in [1.29, 1.82) is 0 Å². The van der Waals surface area contributed by atoms with Crippen molar-refractivity contribution in [3.63, 3.8) is 0 Å². The van der Waals surface area contributed by atoms with Crippen molar-refractivity contribution >= 4 is 23.2 Å². The smallest absolute Gasteiger partial charge is 0.278 e. The molecule has 26 heavy (non-hydrogen) atoms. The average Bonchev–Trinajstić information content (AvgIpc) is 2.99. The third-order valence-corrected chi connectivity index (χ3v) is 4.55. The molecule has 0 aliphatic heterocycles. The molecule has 0 bridgehead atoms. The Morgan fingerprint density at radius 3 is 2.69 bits per heavy atom. The Morgan fingerprint density at radius 1 is 1.23 bits per heavy atom. The molecule has 2 N–H and O–H groups in total. The van der Waals surface area contributed by atoms with Crippen molar-refractivity contribution < 1.29 is 9.90 Å². The summed E-state index contributed by atoms with van der Waals surface area (Å²) in [4.78, 5) is 12.6. The van der Waals surface area contributed by atoms with Crippen LogP contribution in [0.1, 0.15) is 40.3 Å². The van der Waals surface area contributed by atoms with Crippen LogP contribution in [0.2, 0.25) is 5.02 Å². The fourth-order valence-electron chi connectivity index (χ4n) is 2.61. The lowest BCUT2D eigenvalue weighted by Crippen LogP contribution is -2.14. The summed E-state index contributed by atoms with van der Waals surface area (Å²) < 4.78 is 1.60. The fourth-order valence-corrected chi connectivity index (χ4v) is 2.73. The van der Waals surface area contributed by atoms with Crippen LogP contribution in [0.4, 0.5) is 5.69 Å². The van der Waals surface area contributed by atoms with Crippen molar-refractivity contribution in [1.82, 2.24) is 15.0 Å². The second-order valence-corrected chi connectivity index (χ2v) is 6.53. The van der Waals surface area contributed by atoms with Crippen LogP contribution in [0.15, 0.2) is 42.5 Å². The number of nitrogens with one attached hydrogen (secondary N) is 1. The first-order valence-corrected chi connectivity index (χ1v) is 8.53. The summed E-state index contributed by atoms with van der Waals surface area (Å²) in [5.41, 5.74) is 3.87. The first kappa shape index (κ1) is 18.1. The Hall–Kier alpha value is -2.70. The van der Waals surface area contributed by atoms with Gasteiger partial charge >= 0.3 is 0 Å². The number of halogens is 1. The molecule has 1 heterocycles. The quantitative estimate of drug-likeness (QED) is 0.731. The maximum atomic E-state index is 12.6. The molecule has 2 aromatic carbocycles. The molecular formula is C19H19ClN4O2. The highest BCUT2D eigenvalue weighted by Crippen LogP contribution is 2.21. The standard InChI is InChI=1S/C19H19ClN4O2/c1-11-9-16(7-8-17(11)20)24-12(2)18(22-23-24)19(26)21-15-6-4-5-14(10-15)13(3)25/h4-10,13,25H,1-3H3,(H,21,26)/t13-/m0/s1. The third kappa shape index (κ3) is 3.61. The maximum Gasteiger partial charge on any atom is 0.278 e. The van der Waals surface area contributed by atoms with Crippen LogP contribution >= 0.6 is 11.6 Å². The van der Waals surface area contributed by atoms with Gasteiger partial charge in [0.25, 0.3) is 5.91 Å². The number of nitrogens with zero attached hydrogens (tertiary/aromatic N) is 3. The van der Waals surface area contributed by atoms with E-state index in [4.69, 9.17) is 11.6 Å². The summed E-state index contributed by atoms with van der Waals surface area (Å²) in [6, 6.07) is 12.6. The van der Waals surface area contributed by atoms with Gasteiger partial charge in [0.1, 0.15) is 0 Å². The Kier molecular flexibility index (Phi) is 5.06. The number of benzene rings is 2. The SMILES string of the molecule is Cc1cc(-n2nnc(C(=O)Nc3cccc([C@H](C)O)c3)c2C)ccc1Cl. The third-order valence-electron chi connectivity index (χ3n) is 4.12. The number of rotatable bonds is 4. The molecule has 0 fully saturated rings. The van der Waals surface area contributed by atoms with E-state index >= 15 is 0 Å². The number of aliphatic hydroxyl groups excluding tert-OH is 1. The Bertz CT molecular complexity index is 966. The molecule has 0 spiro atoms. The monoisotopic (exact) mass is 370 g/mol. The van der Waals surface area contributed by atoms with Crippen molar-refractivity contribution in [2.24, 2.45) is 0 Å². The second-order valence-electron chi connectivity index (χ2n) is 6.12. The number of carbonyl (C=O) groups is 1. The minimum absolute atomic E-state index is 0.236. The highest BCUT2D eigenvalue weighted by Gasteiger charge is 2.18. The predicted molar refractivity (Wildman–Crippen MR) is 101 cm³/mol. The van der Waals surface area contributed by atoms with E-state index in [0.29, 0.717) is 16.4 Å².